The van der Waals surface area contributed by atoms with E-state index in [-0.39, 0.29) is 12.1 Å². The van der Waals surface area contributed by atoms with Crippen molar-refractivity contribution in [2.75, 3.05) is 5.33 Å². The predicted molar refractivity (Wildman–Crippen MR) is 90.4 cm³/mol. The van der Waals surface area contributed by atoms with E-state index in [0.717, 1.165) is 31.0 Å². The standard InChI is InChI=1S/C17H33BrO2/c1-3-5-10-13-16(4-2)20-17(19)14-11-8-6-7-9-12-15-18/h16H,3-15H2,1-2H3. The number of ether oxygens (including phenoxy) is 1. The molecule has 0 saturated heterocycles. The highest BCUT2D eigenvalue weighted by atomic mass is 79.9. The molecule has 0 N–H and O–H groups in total. The molecule has 0 aromatic rings. The van der Waals surface area contributed by atoms with Gasteiger partial charge in [-0.25, -0.2) is 0 Å². The normalized spacial score (nSPS) is 12.3. The van der Waals surface area contributed by atoms with Gasteiger partial charge in [-0.15, -0.1) is 0 Å². The molecular formula is C17H33BrO2. The first-order chi connectivity index (χ1) is 9.74. The van der Waals surface area contributed by atoms with Crippen LogP contribution in [-0.4, -0.2) is 17.4 Å². The average Bonchev–Trinajstić information content (AvgIpc) is 2.45. The molecule has 0 aliphatic heterocycles. The van der Waals surface area contributed by atoms with E-state index in [9.17, 15) is 4.79 Å². The molecule has 0 radical (unpaired) electrons. The van der Waals surface area contributed by atoms with Gasteiger partial charge in [0.1, 0.15) is 6.10 Å². The molecular weight excluding hydrogens is 316 g/mol. The minimum Gasteiger partial charge on any atom is -0.462 e. The van der Waals surface area contributed by atoms with E-state index < -0.39 is 0 Å². The van der Waals surface area contributed by atoms with Crippen LogP contribution >= 0.6 is 15.9 Å². The highest BCUT2D eigenvalue weighted by Crippen LogP contribution is 2.13. The average molecular weight is 349 g/mol. The maximum absolute atomic E-state index is 11.8. The first-order valence-corrected chi connectivity index (χ1v) is 9.62. The summed E-state index contributed by atoms with van der Waals surface area (Å²) < 4.78 is 5.55. The van der Waals surface area contributed by atoms with Crippen molar-refractivity contribution in [1.29, 1.82) is 0 Å². The molecule has 2 nitrogen and oxygen atoms in total. The second-order valence-corrected chi connectivity index (χ2v) is 6.37. The van der Waals surface area contributed by atoms with Gasteiger partial charge in [0.05, 0.1) is 0 Å². The Morgan fingerprint density at radius 3 is 2.20 bits per heavy atom. The summed E-state index contributed by atoms with van der Waals surface area (Å²) in [6, 6.07) is 0. The lowest BCUT2D eigenvalue weighted by atomic mass is 10.1. The zero-order valence-electron chi connectivity index (χ0n) is 13.5. The highest BCUT2D eigenvalue weighted by molar-refractivity contribution is 9.09. The summed E-state index contributed by atoms with van der Waals surface area (Å²) in [4.78, 5) is 11.8. The molecule has 120 valence electrons. The minimum absolute atomic E-state index is 0.00815. The molecule has 0 fully saturated rings. The van der Waals surface area contributed by atoms with Crippen molar-refractivity contribution in [3.8, 4) is 0 Å². The lowest BCUT2D eigenvalue weighted by Crippen LogP contribution is -2.17. The molecule has 0 bridgehead atoms. The Morgan fingerprint density at radius 1 is 0.950 bits per heavy atom. The molecule has 0 aromatic heterocycles. The molecule has 0 aliphatic rings. The van der Waals surface area contributed by atoms with Gasteiger partial charge < -0.3 is 4.74 Å². The zero-order chi connectivity index (χ0) is 15.1. The van der Waals surface area contributed by atoms with Crippen molar-refractivity contribution < 1.29 is 9.53 Å². The Hall–Kier alpha value is -0.0500. The van der Waals surface area contributed by atoms with Gasteiger partial charge in [0, 0.05) is 11.8 Å². The summed E-state index contributed by atoms with van der Waals surface area (Å²) in [6.45, 7) is 4.30. The molecule has 0 rings (SSSR count). The fraction of sp³-hybridized carbons (Fsp3) is 0.941. The van der Waals surface area contributed by atoms with Crippen LogP contribution in [0.4, 0.5) is 0 Å². The van der Waals surface area contributed by atoms with Crippen LogP contribution in [0.1, 0.15) is 90.9 Å². The summed E-state index contributed by atoms with van der Waals surface area (Å²) in [5.41, 5.74) is 0. The first kappa shape index (κ1) is 19.9. The molecule has 20 heavy (non-hydrogen) atoms. The van der Waals surface area contributed by atoms with Gasteiger partial charge in [0.15, 0.2) is 0 Å². The smallest absolute Gasteiger partial charge is 0.306 e. The number of esters is 1. The number of halogens is 1. The Labute approximate surface area is 134 Å². The topological polar surface area (TPSA) is 26.3 Å². The molecule has 1 unspecified atom stereocenters. The molecule has 0 spiro atoms. The van der Waals surface area contributed by atoms with Crippen LogP contribution in [0.25, 0.3) is 0 Å². The summed E-state index contributed by atoms with van der Waals surface area (Å²) in [5, 5.41) is 1.11. The van der Waals surface area contributed by atoms with Crippen LogP contribution in [0.5, 0.6) is 0 Å². The molecule has 0 amide bonds. The lowest BCUT2D eigenvalue weighted by molar-refractivity contribution is -0.149. The second kappa shape index (κ2) is 15.3. The van der Waals surface area contributed by atoms with E-state index in [4.69, 9.17) is 4.74 Å². The van der Waals surface area contributed by atoms with E-state index in [1.54, 1.807) is 0 Å². The third-order valence-electron chi connectivity index (χ3n) is 3.65. The van der Waals surface area contributed by atoms with Crippen molar-refractivity contribution in [2.45, 2.75) is 97.0 Å². The van der Waals surface area contributed by atoms with Crippen LogP contribution in [0.2, 0.25) is 0 Å². The Balaban J connectivity index is 3.50. The molecule has 3 heteroatoms. The minimum atomic E-state index is 0.00815. The Bertz CT molecular complexity index is 219. The quantitative estimate of drug-likeness (QED) is 0.218. The van der Waals surface area contributed by atoms with Gasteiger partial charge in [-0.3, -0.25) is 4.79 Å². The van der Waals surface area contributed by atoms with E-state index in [2.05, 4.69) is 29.8 Å². The monoisotopic (exact) mass is 348 g/mol. The van der Waals surface area contributed by atoms with Crippen LogP contribution in [0.15, 0.2) is 0 Å². The van der Waals surface area contributed by atoms with Gasteiger partial charge in [-0.2, -0.15) is 0 Å². The summed E-state index contributed by atoms with van der Waals surface area (Å²) in [6.07, 6.45) is 13.6. The third-order valence-corrected chi connectivity index (χ3v) is 4.21. The summed E-state index contributed by atoms with van der Waals surface area (Å²) >= 11 is 3.44. The molecule has 0 heterocycles. The SMILES string of the molecule is CCCCCC(CC)OC(=O)CCCCCCCCBr. The third kappa shape index (κ3) is 13.0. The molecule has 1 atom stereocenters. The number of alkyl halides is 1. The predicted octanol–water partition coefficient (Wildman–Crippen LogP) is 6.01. The molecule has 0 aromatic carbocycles. The van der Waals surface area contributed by atoms with Crippen LogP contribution in [0, 0.1) is 0 Å². The Morgan fingerprint density at radius 2 is 1.60 bits per heavy atom. The number of rotatable bonds is 14. The van der Waals surface area contributed by atoms with Gasteiger partial charge in [0.2, 0.25) is 0 Å². The Kier molecular flexibility index (Phi) is 15.3. The van der Waals surface area contributed by atoms with Crippen molar-refractivity contribution in [3.63, 3.8) is 0 Å². The van der Waals surface area contributed by atoms with Crippen molar-refractivity contribution >= 4 is 21.9 Å². The largest absolute Gasteiger partial charge is 0.462 e. The van der Waals surface area contributed by atoms with E-state index in [1.807, 2.05) is 0 Å². The number of hydrogen-bond donors (Lipinski definition) is 0. The van der Waals surface area contributed by atoms with E-state index in [0.29, 0.717) is 6.42 Å². The van der Waals surface area contributed by atoms with Gasteiger partial charge in [-0.1, -0.05) is 68.3 Å². The van der Waals surface area contributed by atoms with Gasteiger partial charge in [0.25, 0.3) is 0 Å². The number of carbonyl (C=O) groups is 1. The fourth-order valence-electron chi connectivity index (χ4n) is 2.28. The number of unbranched alkanes of at least 4 members (excludes halogenated alkanes) is 7. The maximum Gasteiger partial charge on any atom is 0.306 e. The van der Waals surface area contributed by atoms with Gasteiger partial charge >= 0.3 is 5.97 Å². The van der Waals surface area contributed by atoms with Crippen LogP contribution < -0.4 is 0 Å². The van der Waals surface area contributed by atoms with E-state index >= 15 is 0 Å². The van der Waals surface area contributed by atoms with Crippen molar-refractivity contribution in [3.05, 3.63) is 0 Å². The zero-order valence-corrected chi connectivity index (χ0v) is 15.1. The first-order valence-electron chi connectivity index (χ1n) is 8.50. The van der Waals surface area contributed by atoms with Crippen LogP contribution in [-0.2, 0) is 9.53 Å². The maximum atomic E-state index is 11.8. The number of carbonyl (C=O) groups excluding carboxylic acids is 1. The number of hydrogen-bond acceptors (Lipinski definition) is 2. The van der Waals surface area contributed by atoms with Crippen molar-refractivity contribution in [1.82, 2.24) is 0 Å². The summed E-state index contributed by atoms with van der Waals surface area (Å²) in [7, 11) is 0. The lowest BCUT2D eigenvalue weighted by Gasteiger charge is -2.16. The van der Waals surface area contributed by atoms with Crippen molar-refractivity contribution in [2.24, 2.45) is 0 Å². The molecule has 0 aliphatic carbocycles. The molecule has 0 saturated carbocycles. The van der Waals surface area contributed by atoms with Crippen LogP contribution in [0.3, 0.4) is 0 Å². The summed E-state index contributed by atoms with van der Waals surface area (Å²) in [5.74, 6) is 0.00815. The van der Waals surface area contributed by atoms with E-state index in [1.165, 1.54) is 44.9 Å². The fourth-order valence-corrected chi connectivity index (χ4v) is 2.68. The highest BCUT2D eigenvalue weighted by Gasteiger charge is 2.11. The van der Waals surface area contributed by atoms with Gasteiger partial charge in [-0.05, 0) is 32.1 Å². The second-order valence-electron chi connectivity index (χ2n) is 5.58.